The topological polar surface area (TPSA) is 80.4 Å². The molecule has 1 saturated carbocycles. The summed E-state index contributed by atoms with van der Waals surface area (Å²) in [5, 5.41) is 20.3. The minimum Gasteiger partial charge on any atom is -0.478 e. The Morgan fingerprint density at radius 2 is 2.00 bits per heavy atom. The first-order valence-electron chi connectivity index (χ1n) is 6.26. The fourth-order valence-corrected chi connectivity index (χ4v) is 3.58. The fraction of sp³-hybridized carbons (Fsp3) is 0.462. The average molecular weight is 281 g/mol. The number of nitro groups is 1. The monoisotopic (exact) mass is 281 g/mol. The lowest BCUT2D eigenvalue weighted by Crippen LogP contribution is -2.08. The van der Waals surface area contributed by atoms with E-state index in [1.807, 2.05) is 0 Å². The molecule has 0 bridgehead atoms. The highest BCUT2D eigenvalue weighted by atomic mass is 32.2. The van der Waals surface area contributed by atoms with Crippen molar-refractivity contribution in [2.45, 2.75) is 42.2 Å². The van der Waals surface area contributed by atoms with E-state index in [4.69, 9.17) is 5.11 Å². The van der Waals surface area contributed by atoms with Crippen molar-refractivity contribution in [3.63, 3.8) is 0 Å². The summed E-state index contributed by atoms with van der Waals surface area (Å²) in [5.74, 6) is -1.14. The Kier molecular flexibility index (Phi) is 4.42. The Hall–Kier alpha value is -1.56. The largest absolute Gasteiger partial charge is 0.478 e. The molecular formula is C13H15NO4S. The lowest BCUT2D eigenvalue weighted by molar-refractivity contribution is -0.387. The van der Waals surface area contributed by atoms with Crippen LogP contribution in [0, 0.1) is 10.1 Å². The molecule has 0 unspecified atom stereocenters. The first-order valence-corrected chi connectivity index (χ1v) is 7.14. The zero-order chi connectivity index (χ0) is 13.8. The molecule has 1 fully saturated rings. The zero-order valence-electron chi connectivity index (χ0n) is 10.4. The van der Waals surface area contributed by atoms with Gasteiger partial charge < -0.3 is 5.11 Å². The van der Waals surface area contributed by atoms with Gasteiger partial charge in [-0.15, -0.1) is 11.8 Å². The maximum atomic E-state index is 11.0. The lowest BCUT2D eigenvalue weighted by Gasteiger charge is -2.20. The van der Waals surface area contributed by atoms with Crippen molar-refractivity contribution >= 4 is 23.4 Å². The second-order valence-electron chi connectivity index (χ2n) is 4.62. The van der Waals surface area contributed by atoms with Gasteiger partial charge in [-0.05, 0) is 25.0 Å². The summed E-state index contributed by atoms with van der Waals surface area (Å²) in [6.45, 7) is 0. The smallest absolute Gasteiger partial charge is 0.335 e. The van der Waals surface area contributed by atoms with E-state index in [1.165, 1.54) is 37.1 Å². The van der Waals surface area contributed by atoms with Gasteiger partial charge in [-0.25, -0.2) is 4.79 Å². The summed E-state index contributed by atoms with van der Waals surface area (Å²) in [4.78, 5) is 22.0. The number of thioether (sulfide) groups is 1. The molecular weight excluding hydrogens is 266 g/mol. The minimum atomic E-state index is -1.14. The van der Waals surface area contributed by atoms with Gasteiger partial charge in [0.25, 0.3) is 5.69 Å². The van der Waals surface area contributed by atoms with Crippen LogP contribution < -0.4 is 0 Å². The molecule has 2 rings (SSSR count). The van der Waals surface area contributed by atoms with Crippen LogP contribution in [0.3, 0.4) is 0 Å². The molecule has 0 heterocycles. The molecule has 0 saturated heterocycles. The first kappa shape index (κ1) is 13.9. The molecule has 0 amide bonds. The summed E-state index contributed by atoms with van der Waals surface area (Å²) in [6.07, 6.45) is 5.71. The van der Waals surface area contributed by atoms with Gasteiger partial charge in [0.1, 0.15) is 0 Å². The molecule has 0 atom stereocenters. The van der Waals surface area contributed by atoms with E-state index >= 15 is 0 Å². The van der Waals surface area contributed by atoms with E-state index in [0.717, 1.165) is 18.9 Å². The first-order chi connectivity index (χ1) is 9.08. The van der Waals surface area contributed by atoms with E-state index in [-0.39, 0.29) is 11.3 Å². The van der Waals surface area contributed by atoms with Crippen molar-refractivity contribution in [2.24, 2.45) is 0 Å². The Bertz CT molecular complexity index is 497. The number of rotatable bonds is 4. The predicted octanol–water partition coefficient (Wildman–Crippen LogP) is 3.72. The third-order valence-corrected chi connectivity index (χ3v) is 4.65. The molecule has 0 spiro atoms. The van der Waals surface area contributed by atoms with Gasteiger partial charge in [0.2, 0.25) is 0 Å². The highest BCUT2D eigenvalue weighted by Crippen LogP contribution is 2.38. The molecule has 0 aromatic heterocycles. The van der Waals surface area contributed by atoms with Crippen molar-refractivity contribution in [3.8, 4) is 0 Å². The van der Waals surface area contributed by atoms with Crippen LogP contribution >= 0.6 is 11.8 Å². The Balaban J connectivity index is 2.23. The minimum absolute atomic E-state index is 0.0419. The number of carbonyl (C=O) groups is 1. The van der Waals surface area contributed by atoms with Gasteiger partial charge in [-0.1, -0.05) is 19.3 Å². The molecule has 5 nitrogen and oxygen atoms in total. The number of nitrogens with zero attached hydrogens (tertiary/aromatic N) is 1. The van der Waals surface area contributed by atoms with Crippen molar-refractivity contribution in [1.82, 2.24) is 0 Å². The molecule has 1 aliphatic carbocycles. The van der Waals surface area contributed by atoms with Crippen LogP contribution in [0.5, 0.6) is 0 Å². The third-order valence-electron chi connectivity index (χ3n) is 3.25. The standard InChI is InChI=1S/C13H15NO4S/c15-13(16)9-6-7-12(11(8-9)14(17)18)19-10-4-2-1-3-5-10/h6-8,10H,1-5H2,(H,15,16). The normalized spacial score (nSPS) is 16.2. The highest BCUT2D eigenvalue weighted by Gasteiger charge is 2.22. The summed E-state index contributed by atoms with van der Waals surface area (Å²) in [5.41, 5.74) is -0.143. The van der Waals surface area contributed by atoms with E-state index in [1.54, 1.807) is 6.07 Å². The van der Waals surface area contributed by atoms with E-state index in [0.29, 0.717) is 10.1 Å². The molecule has 0 aliphatic heterocycles. The molecule has 19 heavy (non-hydrogen) atoms. The van der Waals surface area contributed by atoms with Crippen LogP contribution in [0.4, 0.5) is 5.69 Å². The van der Waals surface area contributed by atoms with Crippen LogP contribution in [0.2, 0.25) is 0 Å². The number of nitro benzene ring substituents is 1. The summed E-state index contributed by atoms with van der Waals surface area (Å²) < 4.78 is 0. The Morgan fingerprint density at radius 1 is 1.32 bits per heavy atom. The second kappa shape index (κ2) is 6.06. The van der Waals surface area contributed by atoms with Crippen LogP contribution in [0.1, 0.15) is 42.5 Å². The highest BCUT2D eigenvalue weighted by molar-refractivity contribution is 8.00. The Morgan fingerprint density at radius 3 is 2.58 bits per heavy atom. The van der Waals surface area contributed by atoms with Gasteiger partial charge >= 0.3 is 5.97 Å². The predicted molar refractivity (Wildman–Crippen MR) is 72.8 cm³/mol. The maximum absolute atomic E-state index is 11.0. The molecule has 1 aromatic carbocycles. The van der Waals surface area contributed by atoms with Crippen LogP contribution in [-0.2, 0) is 0 Å². The second-order valence-corrected chi connectivity index (χ2v) is 5.96. The van der Waals surface area contributed by atoms with Gasteiger partial charge in [0, 0.05) is 11.3 Å². The number of carboxylic acid groups (broad SMARTS) is 1. The average Bonchev–Trinajstić information content (AvgIpc) is 2.39. The van der Waals surface area contributed by atoms with Gasteiger partial charge in [-0.3, -0.25) is 10.1 Å². The summed E-state index contributed by atoms with van der Waals surface area (Å²) in [6, 6.07) is 4.13. The van der Waals surface area contributed by atoms with Crippen molar-refractivity contribution in [3.05, 3.63) is 33.9 Å². The number of aromatic carboxylic acids is 1. The SMILES string of the molecule is O=C(O)c1ccc(SC2CCCCC2)c([N+](=O)[O-])c1. The summed E-state index contributed by atoms with van der Waals surface area (Å²) in [7, 11) is 0. The molecule has 1 aliphatic rings. The van der Waals surface area contributed by atoms with E-state index < -0.39 is 10.9 Å². The van der Waals surface area contributed by atoms with Gasteiger partial charge in [0.15, 0.2) is 0 Å². The fourth-order valence-electron chi connectivity index (χ4n) is 2.26. The summed E-state index contributed by atoms with van der Waals surface area (Å²) >= 11 is 1.51. The molecule has 102 valence electrons. The third kappa shape index (κ3) is 3.47. The Labute approximate surface area is 115 Å². The van der Waals surface area contributed by atoms with Crippen molar-refractivity contribution < 1.29 is 14.8 Å². The molecule has 6 heteroatoms. The van der Waals surface area contributed by atoms with Gasteiger partial charge in [-0.2, -0.15) is 0 Å². The molecule has 1 aromatic rings. The number of benzene rings is 1. The molecule has 0 radical (unpaired) electrons. The van der Waals surface area contributed by atoms with E-state index in [9.17, 15) is 14.9 Å². The maximum Gasteiger partial charge on any atom is 0.335 e. The number of carboxylic acids is 1. The van der Waals surface area contributed by atoms with Crippen molar-refractivity contribution in [1.29, 1.82) is 0 Å². The van der Waals surface area contributed by atoms with Crippen molar-refractivity contribution in [2.75, 3.05) is 0 Å². The molecule has 1 N–H and O–H groups in total. The van der Waals surface area contributed by atoms with Crippen LogP contribution in [-0.4, -0.2) is 21.2 Å². The zero-order valence-corrected chi connectivity index (χ0v) is 11.2. The van der Waals surface area contributed by atoms with Crippen LogP contribution in [0.15, 0.2) is 23.1 Å². The lowest BCUT2D eigenvalue weighted by atomic mass is 10.0. The van der Waals surface area contributed by atoms with E-state index in [2.05, 4.69) is 0 Å². The van der Waals surface area contributed by atoms with Crippen LogP contribution in [0.25, 0.3) is 0 Å². The quantitative estimate of drug-likeness (QED) is 0.672. The number of hydrogen-bond acceptors (Lipinski definition) is 4. The van der Waals surface area contributed by atoms with Gasteiger partial charge in [0.05, 0.1) is 15.4 Å². The number of hydrogen-bond donors (Lipinski definition) is 1.